The van der Waals surface area contributed by atoms with E-state index in [1.54, 1.807) is 19.4 Å². The van der Waals surface area contributed by atoms with Crippen LogP contribution in [0.2, 0.25) is 0 Å². The molecule has 0 radical (unpaired) electrons. The van der Waals surface area contributed by atoms with E-state index in [4.69, 9.17) is 9.47 Å². The number of ether oxygens (including phenoxy) is 2. The maximum atomic E-state index is 14.4. The van der Waals surface area contributed by atoms with Gasteiger partial charge in [-0.3, -0.25) is 0 Å². The molecule has 27 heavy (non-hydrogen) atoms. The van der Waals surface area contributed by atoms with Gasteiger partial charge in [-0.25, -0.2) is 9.37 Å². The number of aromatic nitrogens is 1. The Morgan fingerprint density at radius 1 is 1.37 bits per heavy atom. The number of aliphatic hydroxyl groups is 1. The van der Waals surface area contributed by atoms with Crippen molar-refractivity contribution in [1.29, 1.82) is 0 Å². The van der Waals surface area contributed by atoms with Gasteiger partial charge < -0.3 is 19.5 Å². The number of hydrogen-bond donors (Lipinski definition) is 1. The third-order valence-electron chi connectivity index (χ3n) is 5.99. The molecular weight excluding hydrogens is 347 g/mol. The molecule has 0 amide bonds. The monoisotopic (exact) mass is 368 g/mol. The van der Waals surface area contributed by atoms with E-state index in [9.17, 15) is 9.50 Å². The Balaban J connectivity index is 1.67. The normalized spacial score (nSPS) is 28.2. The van der Waals surface area contributed by atoms with Gasteiger partial charge >= 0.3 is 0 Å². The predicted octanol–water partition coefficient (Wildman–Crippen LogP) is 2.96. The van der Waals surface area contributed by atoms with Gasteiger partial charge in [-0.2, -0.15) is 0 Å². The van der Waals surface area contributed by atoms with Gasteiger partial charge in [0.15, 0.2) is 23.1 Å². The van der Waals surface area contributed by atoms with Crippen molar-refractivity contribution in [3.8, 4) is 11.5 Å². The molecule has 5 rings (SSSR count). The first-order valence-corrected chi connectivity index (χ1v) is 9.22. The molecule has 3 heterocycles. The van der Waals surface area contributed by atoms with Gasteiger partial charge in [0.05, 0.1) is 18.6 Å². The van der Waals surface area contributed by atoms with E-state index in [2.05, 4.69) is 11.1 Å². The Bertz CT molecular complexity index is 932. The van der Waals surface area contributed by atoms with Crippen molar-refractivity contribution in [3.63, 3.8) is 0 Å². The number of rotatable bonds is 2. The van der Waals surface area contributed by atoms with Crippen LogP contribution in [0.5, 0.6) is 11.5 Å². The van der Waals surface area contributed by atoms with E-state index in [-0.39, 0.29) is 17.3 Å². The highest BCUT2D eigenvalue weighted by Crippen LogP contribution is 2.55. The summed E-state index contributed by atoms with van der Waals surface area (Å²) in [6, 6.07) is 6.98. The number of anilines is 1. The Morgan fingerprint density at radius 3 is 3.07 bits per heavy atom. The van der Waals surface area contributed by atoms with Gasteiger partial charge in [0.1, 0.15) is 6.10 Å². The van der Waals surface area contributed by atoms with Crippen LogP contribution in [0.4, 0.5) is 10.2 Å². The lowest BCUT2D eigenvalue weighted by atomic mass is 9.69. The molecule has 2 aliphatic heterocycles. The second kappa shape index (κ2) is 5.96. The molecule has 6 heteroatoms. The number of hydrogen-bond acceptors (Lipinski definition) is 5. The molecule has 1 aliphatic carbocycles. The van der Waals surface area contributed by atoms with Crippen LogP contribution in [0.25, 0.3) is 0 Å². The van der Waals surface area contributed by atoms with E-state index in [0.29, 0.717) is 31.1 Å². The van der Waals surface area contributed by atoms with E-state index < -0.39 is 6.10 Å². The first kappa shape index (κ1) is 16.6. The minimum absolute atomic E-state index is 0.156. The van der Waals surface area contributed by atoms with Crippen LogP contribution in [-0.4, -0.2) is 36.0 Å². The van der Waals surface area contributed by atoms with Crippen molar-refractivity contribution in [1.82, 2.24) is 4.98 Å². The zero-order chi connectivity index (χ0) is 18.6. The highest BCUT2D eigenvalue weighted by Gasteiger charge is 2.53. The molecule has 0 bridgehead atoms. The number of nitrogens with zero attached hydrogens (tertiary/aromatic N) is 2. The smallest absolute Gasteiger partial charge is 0.166 e. The largest absolute Gasteiger partial charge is 0.493 e. The van der Waals surface area contributed by atoms with Gasteiger partial charge in [-0.05, 0) is 30.2 Å². The highest BCUT2D eigenvalue weighted by molar-refractivity contribution is 5.62. The average Bonchev–Trinajstić information content (AvgIpc) is 2.90. The molecule has 1 aromatic heterocycles. The van der Waals surface area contributed by atoms with Crippen LogP contribution in [0.15, 0.2) is 42.6 Å². The minimum atomic E-state index is -0.517. The quantitative estimate of drug-likeness (QED) is 0.826. The van der Waals surface area contributed by atoms with Crippen molar-refractivity contribution < 1.29 is 19.0 Å². The average molecular weight is 368 g/mol. The summed E-state index contributed by atoms with van der Waals surface area (Å²) >= 11 is 0. The molecule has 140 valence electrons. The maximum Gasteiger partial charge on any atom is 0.166 e. The van der Waals surface area contributed by atoms with Crippen molar-refractivity contribution in [2.24, 2.45) is 0 Å². The van der Waals surface area contributed by atoms with Crippen LogP contribution in [0.1, 0.15) is 24.0 Å². The zero-order valence-electron chi connectivity index (χ0n) is 15.1. The Hall–Kier alpha value is -2.60. The fourth-order valence-electron chi connectivity index (χ4n) is 4.73. The van der Waals surface area contributed by atoms with Crippen molar-refractivity contribution in [2.75, 3.05) is 18.6 Å². The summed E-state index contributed by atoms with van der Waals surface area (Å²) in [7, 11) is 1.63. The maximum absolute atomic E-state index is 14.4. The number of halogens is 1. The lowest BCUT2D eigenvalue weighted by Crippen LogP contribution is -2.43. The van der Waals surface area contributed by atoms with Crippen LogP contribution in [-0.2, 0) is 12.0 Å². The number of aliphatic hydroxyl groups excluding tert-OH is 1. The fourth-order valence-corrected chi connectivity index (χ4v) is 4.73. The molecular formula is C21H21FN2O3. The molecule has 0 saturated heterocycles. The highest BCUT2D eigenvalue weighted by atomic mass is 19.1. The molecule has 1 N–H and O–H groups in total. The van der Waals surface area contributed by atoms with E-state index >= 15 is 0 Å². The molecule has 0 unspecified atom stereocenters. The minimum Gasteiger partial charge on any atom is -0.493 e. The standard InChI is InChI=1S/C21H21FN2O3/c1-26-16-5-4-13-12-24(20-15(22)3-2-9-23-20)10-8-21-7-6-14(25)11-17(21)27-19(16)18(13)21/h2-7,9,14,17,25H,8,10-12H2,1H3/t14-,17-,21-/m0/s1. The molecule has 1 spiro atoms. The SMILES string of the molecule is COc1ccc2c3c1O[C@H]1C[C@@H](O)C=C[C@@]31CCN(c1ncccc1F)C2. The second-order valence-electron chi connectivity index (χ2n) is 7.42. The molecule has 0 saturated carbocycles. The number of benzene rings is 1. The zero-order valence-corrected chi connectivity index (χ0v) is 15.1. The molecule has 0 fully saturated rings. The fraction of sp³-hybridized carbons (Fsp3) is 0.381. The Morgan fingerprint density at radius 2 is 2.26 bits per heavy atom. The summed E-state index contributed by atoms with van der Waals surface area (Å²) in [6.45, 7) is 1.19. The lowest BCUT2D eigenvalue weighted by molar-refractivity contribution is 0.0856. The van der Waals surface area contributed by atoms with Crippen molar-refractivity contribution in [3.05, 3.63) is 59.6 Å². The summed E-state index contributed by atoms with van der Waals surface area (Å²) in [5, 5.41) is 10.1. The van der Waals surface area contributed by atoms with Crippen LogP contribution in [0.3, 0.4) is 0 Å². The van der Waals surface area contributed by atoms with Gasteiger partial charge in [0.2, 0.25) is 0 Å². The molecule has 3 atom stereocenters. The molecule has 5 nitrogen and oxygen atoms in total. The Labute approximate surface area is 157 Å². The summed E-state index contributed by atoms with van der Waals surface area (Å²) in [6.07, 6.45) is 6.17. The first-order chi connectivity index (χ1) is 13.1. The predicted molar refractivity (Wildman–Crippen MR) is 98.7 cm³/mol. The van der Waals surface area contributed by atoms with Gasteiger partial charge in [0.25, 0.3) is 0 Å². The van der Waals surface area contributed by atoms with Crippen LogP contribution >= 0.6 is 0 Å². The van der Waals surface area contributed by atoms with Crippen molar-refractivity contribution >= 4 is 5.82 Å². The summed E-state index contributed by atoms with van der Waals surface area (Å²) in [5.74, 6) is 1.50. The lowest BCUT2D eigenvalue weighted by Gasteiger charge is -2.35. The number of pyridine rings is 1. The molecule has 2 aromatic rings. The Kier molecular flexibility index (Phi) is 3.65. The van der Waals surface area contributed by atoms with Gasteiger partial charge in [-0.1, -0.05) is 18.2 Å². The van der Waals surface area contributed by atoms with Gasteiger partial charge in [-0.15, -0.1) is 0 Å². The second-order valence-corrected chi connectivity index (χ2v) is 7.42. The topological polar surface area (TPSA) is 54.8 Å². The van der Waals surface area contributed by atoms with Crippen LogP contribution < -0.4 is 14.4 Å². The van der Waals surface area contributed by atoms with Gasteiger partial charge in [0, 0.05) is 31.3 Å². The van der Waals surface area contributed by atoms with Crippen LogP contribution in [0, 0.1) is 5.82 Å². The van der Waals surface area contributed by atoms with Crippen molar-refractivity contribution in [2.45, 2.75) is 37.0 Å². The van der Waals surface area contributed by atoms with E-state index in [1.807, 2.05) is 23.1 Å². The van der Waals surface area contributed by atoms with E-state index in [0.717, 1.165) is 23.3 Å². The summed E-state index contributed by atoms with van der Waals surface area (Å²) in [5.41, 5.74) is 1.85. The third kappa shape index (κ3) is 2.36. The first-order valence-electron chi connectivity index (χ1n) is 9.22. The molecule has 1 aromatic carbocycles. The number of methoxy groups -OCH3 is 1. The third-order valence-corrected chi connectivity index (χ3v) is 5.99. The summed E-state index contributed by atoms with van der Waals surface area (Å²) in [4.78, 5) is 6.25. The van der Waals surface area contributed by atoms with E-state index in [1.165, 1.54) is 6.07 Å². The summed E-state index contributed by atoms with van der Waals surface area (Å²) < 4.78 is 26.2. The molecule has 3 aliphatic rings.